The van der Waals surface area contributed by atoms with Gasteiger partial charge in [-0.2, -0.15) is 0 Å². The van der Waals surface area contributed by atoms with E-state index in [2.05, 4.69) is 20.9 Å². The minimum Gasteiger partial charge on any atom is -0.356 e. The number of imidazole rings is 1. The van der Waals surface area contributed by atoms with Crippen molar-refractivity contribution >= 4 is 28.7 Å². The Balaban J connectivity index is 1.22. The Labute approximate surface area is 187 Å². The second-order valence-electron chi connectivity index (χ2n) is 9.17. The van der Waals surface area contributed by atoms with Crippen molar-refractivity contribution in [1.82, 2.24) is 24.8 Å². The van der Waals surface area contributed by atoms with Gasteiger partial charge >= 0.3 is 0 Å². The van der Waals surface area contributed by atoms with Gasteiger partial charge in [0, 0.05) is 39.3 Å². The first-order valence-corrected chi connectivity index (χ1v) is 11.9. The molecule has 8 nitrogen and oxygen atoms in total. The van der Waals surface area contributed by atoms with Gasteiger partial charge in [-0.15, -0.1) is 0 Å². The van der Waals surface area contributed by atoms with Crippen LogP contribution in [0.2, 0.25) is 0 Å². The van der Waals surface area contributed by atoms with Crippen molar-refractivity contribution in [2.24, 2.45) is 5.92 Å². The summed E-state index contributed by atoms with van der Waals surface area (Å²) in [5.41, 5.74) is 2.44. The van der Waals surface area contributed by atoms with Crippen LogP contribution in [-0.4, -0.2) is 70.0 Å². The van der Waals surface area contributed by atoms with E-state index in [1.54, 1.807) is 0 Å². The van der Waals surface area contributed by atoms with Crippen LogP contribution in [0, 0.1) is 5.92 Å². The molecule has 3 aromatic heterocycles. The molecule has 3 saturated heterocycles. The lowest BCUT2D eigenvalue weighted by Crippen LogP contribution is -2.44. The number of anilines is 2. The summed E-state index contributed by atoms with van der Waals surface area (Å²) < 4.78 is 0. The summed E-state index contributed by atoms with van der Waals surface area (Å²) in [6.07, 6.45) is 5.49. The number of aromatic nitrogens is 4. The summed E-state index contributed by atoms with van der Waals surface area (Å²) in [6.45, 7) is 5.64. The van der Waals surface area contributed by atoms with Crippen LogP contribution in [-0.2, 0) is 4.79 Å². The Morgan fingerprint density at radius 3 is 2.47 bits per heavy atom. The first-order chi connectivity index (χ1) is 15.7. The second kappa shape index (κ2) is 8.07. The lowest BCUT2D eigenvalue weighted by atomic mass is 9.96. The number of amides is 1. The molecule has 3 fully saturated rings. The topological polar surface area (TPSA) is 81.2 Å². The van der Waals surface area contributed by atoms with Crippen LogP contribution in [0.25, 0.3) is 22.7 Å². The van der Waals surface area contributed by atoms with E-state index in [1.807, 2.05) is 29.2 Å². The summed E-state index contributed by atoms with van der Waals surface area (Å²) in [5, 5.41) is 0. The number of nitrogens with zero attached hydrogens (tertiary/aromatic N) is 6. The predicted octanol–water partition coefficient (Wildman–Crippen LogP) is 3.07. The van der Waals surface area contributed by atoms with Gasteiger partial charge in [0.2, 0.25) is 5.91 Å². The quantitative estimate of drug-likeness (QED) is 0.684. The Morgan fingerprint density at radius 2 is 1.66 bits per heavy atom. The van der Waals surface area contributed by atoms with Crippen LogP contribution in [0.15, 0.2) is 30.3 Å². The molecule has 6 heterocycles. The van der Waals surface area contributed by atoms with Gasteiger partial charge in [-0.3, -0.25) is 4.79 Å². The molecule has 0 radical (unpaired) electrons. The molecule has 1 N–H and O–H groups in total. The van der Waals surface area contributed by atoms with Gasteiger partial charge in [-0.1, -0.05) is 6.07 Å². The fraction of sp³-hybridized carbons (Fsp3) is 0.500. The fourth-order valence-corrected chi connectivity index (χ4v) is 5.04. The van der Waals surface area contributed by atoms with Crippen LogP contribution in [0.1, 0.15) is 32.1 Å². The van der Waals surface area contributed by atoms with Crippen molar-refractivity contribution in [2.75, 3.05) is 49.1 Å². The number of aromatic amines is 1. The summed E-state index contributed by atoms with van der Waals surface area (Å²) in [4.78, 5) is 37.2. The zero-order valence-corrected chi connectivity index (χ0v) is 18.3. The third-order valence-electron chi connectivity index (χ3n) is 7.00. The summed E-state index contributed by atoms with van der Waals surface area (Å²) in [6, 6.07) is 10.2. The number of H-pyrrole nitrogens is 1. The van der Waals surface area contributed by atoms with Crippen LogP contribution in [0.4, 0.5) is 11.6 Å². The Hall–Kier alpha value is -3.16. The molecule has 0 bridgehead atoms. The van der Waals surface area contributed by atoms with E-state index < -0.39 is 0 Å². The molecular formula is C24H29N7O. The van der Waals surface area contributed by atoms with E-state index >= 15 is 0 Å². The van der Waals surface area contributed by atoms with E-state index in [9.17, 15) is 4.79 Å². The molecule has 1 atom stereocenters. The lowest BCUT2D eigenvalue weighted by molar-refractivity contribution is -0.134. The number of rotatable bonds is 4. The van der Waals surface area contributed by atoms with Gasteiger partial charge in [0.1, 0.15) is 17.3 Å². The lowest BCUT2D eigenvalue weighted by Gasteiger charge is -2.34. The molecule has 0 spiro atoms. The smallest absolute Gasteiger partial charge is 0.227 e. The number of carbonyl (C=O) groups excluding carboxylic acids is 1. The number of pyridine rings is 2. The van der Waals surface area contributed by atoms with Gasteiger partial charge in [-0.25, -0.2) is 15.0 Å². The molecule has 8 heteroatoms. The number of piperidine rings is 1. The minimum absolute atomic E-state index is 0.0718. The van der Waals surface area contributed by atoms with Crippen LogP contribution in [0.3, 0.4) is 0 Å². The van der Waals surface area contributed by atoms with Crippen molar-refractivity contribution in [3.05, 3.63) is 30.3 Å². The van der Waals surface area contributed by atoms with Crippen LogP contribution >= 0.6 is 0 Å². The number of nitrogens with one attached hydrogen (secondary N) is 1. The first kappa shape index (κ1) is 19.5. The molecule has 0 aliphatic carbocycles. The molecule has 32 heavy (non-hydrogen) atoms. The molecule has 3 aliphatic heterocycles. The number of likely N-dealkylation sites (tertiary alicyclic amines) is 1. The van der Waals surface area contributed by atoms with Crippen molar-refractivity contribution < 1.29 is 4.79 Å². The normalized spacial score (nSPS) is 21.2. The largest absolute Gasteiger partial charge is 0.356 e. The summed E-state index contributed by atoms with van der Waals surface area (Å²) in [5.74, 6) is 3.04. The number of hydrogen-bond donors (Lipinski definition) is 1. The second-order valence-corrected chi connectivity index (χ2v) is 9.17. The highest BCUT2D eigenvalue weighted by Crippen LogP contribution is 2.27. The molecule has 3 aromatic rings. The van der Waals surface area contributed by atoms with Gasteiger partial charge in [0.15, 0.2) is 11.5 Å². The van der Waals surface area contributed by atoms with Crippen molar-refractivity contribution in [1.29, 1.82) is 0 Å². The van der Waals surface area contributed by atoms with Crippen molar-refractivity contribution in [3.8, 4) is 11.5 Å². The molecule has 3 aliphatic rings. The number of fused-ring (bicyclic) bond motifs is 1. The molecule has 0 saturated carbocycles. The Morgan fingerprint density at radius 1 is 0.844 bits per heavy atom. The number of hydrogen-bond acceptors (Lipinski definition) is 6. The van der Waals surface area contributed by atoms with Crippen molar-refractivity contribution in [3.63, 3.8) is 0 Å². The maximum atomic E-state index is 12.9. The predicted molar refractivity (Wildman–Crippen MR) is 125 cm³/mol. The van der Waals surface area contributed by atoms with Gasteiger partial charge < -0.3 is 19.7 Å². The molecule has 6 rings (SSSR count). The van der Waals surface area contributed by atoms with Gasteiger partial charge in [0.25, 0.3) is 0 Å². The van der Waals surface area contributed by atoms with Gasteiger partial charge in [-0.05, 0) is 56.4 Å². The number of carbonyl (C=O) groups is 1. The fourth-order valence-electron chi connectivity index (χ4n) is 5.04. The Kier molecular flexibility index (Phi) is 4.92. The van der Waals surface area contributed by atoms with E-state index in [4.69, 9.17) is 15.0 Å². The van der Waals surface area contributed by atoms with Crippen LogP contribution < -0.4 is 9.80 Å². The third kappa shape index (κ3) is 3.57. The Bertz CT molecular complexity index is 1130. The standard InChI is InChI=1S/C24H29N7O/c32-24(30-11-1-2-12-30)17-6-4-13-31(16-17)21-10-9-19-23(27-21)28-22(26-19)18-7-3-8-20(25-18)29-14-5-15-29/h3,7-10,17H,1-2,4-6,11-16H2,(H,26,27,28). The van der Waals surface area contributed by atoms with E-state index in [1.165, 1.54) is 6.42 Å². The monoisotopic (exact) mass is 431 g/mol. The van der Waals surface area contributed by atoms with E-state index in [0.717, 1.165) is 93.6 Å². The zero-order chi connectivity index (χ0) is 21.5. The SMILES string of the molecule is O=C(C1CCCN(c2ccc3[nH]c(-c4cccc(N5CCC5)n4)nc3n2)C1)N1CCCC1. The highest BCUT2D eigenvalue weighted by molar-refractivity contribution is 5.80. The van der Waals surface area contributed by atoms with E-state index in [-0.39, 0.29) is 5.92 Å². The molecule has 166 valence electrons. The third-order valence-corrected chi connectivity index (χ3v) is 7.00. The van der Waals surface area contributed by atoms with Crippen LogP contribution in [0.5, 0.6) is 0 Å². The highest BCUT2D eigenvalue weighted by atomic mass is 16.2. The maximum absolute atomic E-state index is 12.9. The zero-order valence-electron chi connectivity index (χ0n) is 18.3. The van der Waals surface area contributed by atoms with E-state index in [0.29, 0.717) is 11.6 Å². The molecule has 0 aromatic carbocycles. The molecule has 1 unspecified atom stereocenters. The average Bonchev–Trinajstić information content (AvgIpc) is 3.47. The highest BCUT2D eigenvalue weighted by Gasteiger charge is 2.31. The van der Waals surface area contributed by atoms with Gasteiger partial charge in [0.05, 0.1) is 11.4 Å². The average molecular weight is 432 g/mol. The summed E-state index contributed by atoms with van der Waals surface area (Å²) >= 11 is 0. The first-order valence-electron chi connectivity index (χ1n) is 11.9. The maximum Gasteiger partial charge on any atom is 0.227 e. The summed E-state index contributed by atoms with van der Waals surface area (Å²) in [7, 11) is 0. The molecule has 1 amide bonds. The van der Waals surface area contributed by atoms with Crippen molar-refractivity contribution in [2.45, 2.75) is 32.1 Å². The molecular weight excluding hydrogens is 402 g/mol. The minimum atomic E-state index is 0.0718.